The Bertz CT molecular complexity index is 1230. The van der Waals surface area contributed by atoms with Crippen LogP contribution in [-0.4, -0.2) is 40.0 Å². The quantitative estimate of drug-likeness (QED) is 0.296. The van der Waals surface area contributed by atoms with Crippen molar-refractivity contribution in [2.75, 3.05) is 5.32 Å². The first-order chi connectivity index (χ1) is 18.9. The Kier molecular flexibility index (Phi) is 11.4. The molecule has 0 saturated carbocycles. The summed E-state index contributed by atoms with van der Waals surface area (Å²) < 4.78 is 5.52. The van der Waals surface area contributed by atoms with Gasteiger partial charge in [-0.25, -0.2) is 4.79 Å². The molecule has 0 heterocycles. The van der Waals surface area contributed by atoms with E-state index in [1.807, 2.05) is 85.7 Å². The third kappa shape index (κ3) is 8.71. The average Bonchev–Trinajstić information content (AvgIpc) is 2.86. The molecule has 7 nitrogen and oxygen atoms in total. The summed E-state index contributed by atoms with van der Waals surface area (Å²) >= 11 is 6.50. The topological polar surface area (TPSA) is 87.7 Å². The molecule has 0 bridgehead atoms. The van der Waals surface area contributed by atoms with E-state index in [9.17, 15) is 14.4 Å². The highest BCUT2D eigenvalue weighted by Gasteiger charge is 2.44. The van der Waals surface area contributed by atoms with E-state index >= 15 is 0 Å². The van der Waals surface area contributed by atoms with E-state index in [0.717, 1.165) is 16.7 Å². The van der Waals surface area contributed by atoms with Crippen LogP contribution in [0.2, 0.25) is 5.02 Å². The lowest BCUT2D eigenvalue weighted by atomic mass is 9.88. The smallest absolute Gasteiger partial charge is 0.408 e. The molecule has 2 rings (SSSR count). The van der Waals surface area contributed by atoms with Gasteiger partial charge in [-0.3, -0.25) is 9.59 Å². The Balaban J connectivity index is 2.75. The van der Waals surface area contributed by atoms with Gasteiger partial charge in [0.1, 0.15) is 17.7 Å². The highest BCUT2D eigenvalue weighted by atomic mass is 35.5. The van der Waals surface area contributed by atoms with E-state index in [2.05, 4.69) is 10.6 Å². The Hall–Kier alpha value is -3.06. The van der Waals surface area contributed by atoms with Gasteiger partial charge in [-0.1, -0.05) is 74.7 Å². The van der Waals surface area contributed by atoms with Crippen LogP contribution in [0.4, 0.5) is 10.5 Å². The van der Waals surface area contributed by atoms with Gasteiger partial charge < -0.3 is 20.3 Å². The third-order valence-corrected chi connectivity index (χ3v) is 7.92. The van der Waals surface area contributed by atoms with E-state index < -0.39 is 29.3 Å². The molecule has 0 saturated heterocycles. The van der Waals surface area contributed by atoms with Gasteiger partial charge in [0.25, 0.3) is 5.91 Å². The van der Waals surface area contributed by atoms with Crippen LogP contribution in [-0.2, 0) is 14.3 Å². The predicted molar refractivity (Wildman–Crippen MR) is 167 cm³/mol. The van der Waals surface area contributed by atoms with Gasteiger partial charge in [0.2, 0.25) is 5.91 Å². The Labute approximate surface area is 251 Å². The van der Waals surface area contributed by atoms with Crippen LogP contribution in [0.3, 0.4) is 0 Å². The standard InChI is InChI=1S/C33H48ClN3O4/c1-12-21(4)27(36-31(40)41-32(7,8)9)30(39)37(33(10,11)13-2)28(24-18-17-20(3)19-23(24)6)29(38)35-26-22(5)15-14-16-25(26)34/h14-19,21,27-28H,12-13H2,1-11H3,(H,35,38)(H,36,40). The second-order valence-electron chi connectivity index (χ2n) is 12.6. The summed E-state index contributed by atoms with van der Waals surface area (Å²) in [6, 6.07) is 9.35. The number of para-hydroxylation sites is 1. The summed E-state index contributed by atoms with van der Waals surface area (Å²) in [4.78, 5) is 43.6. The molecule has 2 aromatic rings. The SMILES string of the molecule is CCC(C)C(NC(=O)OC(C)(C)C)C(=O)N(C(C(=O)Nc1c(C)cccc1Cl)c1ccc(C)cc1C)C(C)(C)CC. The van der Waals surface area contributed by atoms with Gasteiger partial charge in [0.05, 0.1) is 10.7 Å². The minimum absolute atomic E-state index is 0.223. The minimum Gasteiger partial charge on any atom is -0.444 e. The van der Waals surface area contributed by atoms with Gasteiger partial charge in [0.15, 0.2) is 0 Å². The molecule has 0 spiro atoms. The first-order valence-electron chi connectivity index (χ1n) is 14.4. The molecule has 0 aromatic heterocycles. The molecule has 8 heteroatoms. The van der Waals surface area contributed by atoms with Crippen molar-refractivity contribution in [3.63, 3.8) is 0 Å². The number of anilines is 1. The number of benzene rings is 2. The second kappa shape index (κ2) is 13.7. The zero-order valence-corrected chi connectivity index (χ0v) is 27.3. The normalized spacial score (nSPS) is 14.0. The molecule has 0 fully saturated rings. The van der Waals surface area contributed by atoms with Gasteiger partial charge in [-0.15, -0.1) is 0 Å². The number of aryl methyl sites for hydroxylation is 3. The van der Waals surface area contributed by atoms with Crippen molar-refractivity contribution >= 4 is 35.2 Å². The van der Waals surface area contributed by atoms with Crippen LogP contribution in [0.25, 0.3) is 0 Å². The highest BCUT2D eigenvalue weighted by molar-refractivity contribution is 6.34. The number of ether oxygens (including phenoxy) is 1. The van der Waals surface area contributed by atoms with Crippen LogP contribution in [0.15, 0.2) is 36.4 Å². The fourth-order valence-electron chi connectivity index (χ4n) is 4.72. The number of rotatable bonds is 10. The molecule has 226 valence electrons. The fourth-order valence-corrected chi connectivity index (χ4v) is 4.99. The van der Waals surface area contributed by atoms with Gasteiger partial charge >= 0.3 is 6.09 Å². The zero-order valence-electron chi connectivity index (χ0n) is 26.6. The molecule has 0 aliphatic rings. The monoisotopic (exact) mass is 585 g/mol. The summed E-state index contributed by atoms with van der Waals surface area (Å²) in [5.41, 5.74) is 2.45. The molecule has 2 aromatic carbocycles. The average molecular weight is 586 g/mol. The lowest BCUT2D eigenvalue weighted by Gasteiger charge is -2.45. The molecule has 2 N–H and O–H groups in total. The Morgan fingerprint density at radius 3 is 2.12 bits per heavy atom. The van der Waals surface area contributed by atoms with Crippen molar-refractivity contribution in [2.24, 2.45) is 5.92 Å². The maximum Gasteiger partial charge on any atom is 0.408 e. The van der Waals surface area contributed by atoms with Crippen molar-refractivity contribution in [1.82, 2.24) is 10.2 Å². The lowest BCUT2D eigenvalue weighted by molar-refractivity contribution is -0.148. The lowest BCUT2D eigenvalue weighted by Crippen LogP contribution is -2.60. The Morgan fingerprint density at radius 1 is 0.976 bits per heavy atom. The number of hydrogen-bond donors (Lipinski definition) is 2. The fraction of sp³-hybridized carbons (Fsp3) is 0.545. The Morgan fingerprint density at radius 2 is 1.61 bits per heavy atom. The number of nitrogens with one attached hydrogen (secondary N) is 2. The summed E-state index contributed by atoms with van der Waals surface area (Å²) in [5.74, 6) is -0.963. The molecule has 3 amide bonds. The van der Waals surface area contributed by atoms with Gasteiger partial charge in [0, 0.05) is 5.54 Å². The number of carbonyl (C=O) groups excluding carboxylic acids is 3. The predicted octanol–water partition coefficient (Wildman–Crippen LogP) is 7.90. The van der Waals surface area contributed by atoms with E-state index in [1.165, 1.54) is 0 Å². The molecule has 0 radical (unpaired) electrons. The summed E-state index contributed by atoms with van der Waals surface area (Å²) in [6.07, 6.45) is 0.522. The summed E-state index contributed by atoms with van der Waals surface area (Å²) in [7, 11) is 0. The number of nitrogens with zero attached hydrogens (tertiary/aromatic N) is 1. The highest BCUT2D eigenvalue weighted by Crippen LogP contribution is 2.36. The van der Waals surface area contributed by atoms with Crippen molar-refractivity contribution in [3.8, 4) is 0 Å². The number of hydrogen-bond acceptors (Lipinski definition) is 4. The molecule has 3 unspecified atom stereocenters. The first-order valence-corrected chi connectivity index (χ1v) is 14.8. The molecular formula is C33H48ClN3O4. The maximum atomic E-state index is 14.7. The van der Waals surface area contributed by atoms with Crippen molar-refractivity contribution in [3.05, 3.63) is 63.7 Å². The van der Waals surface area contributed by atoms with Crippen molar-refractivity contribution in [2.45, 2.75) is 112 Å². The van der Waals surface area contributed by atoms with Crippen LogP contribution in [0.5, 0.6) is 0 Å². The van der Waals surface area contributed by atoms with E-state index in [-0.39, 0.29) is 17.7 Å². The molecule has 0 aliphatic carbocycles. The van der Waals surface area contributed by atoms with E-state index in [1.54, 1.807) is 31.7 Å². The largest absolute Gasteiger partial charge is 0.444 e. The molecule has 0 aliphatic heterocycles. The van der Waals surface area contributed by atoms with Crippen molar-refractivity contribution < 1.29 is 19.1 Å². The van der Waals surface area contributed by atoms with E-state index in [0.29, 0.717) is 29.1 Å². The second-order valence-corrected chi connectivity index (χ2v) is 13.0. The van der Waals surface area contributed by atoms with Crippen LogP contribution >= 0.6 is 11.6 Å². The number of amides is 3. The van der Waals surface area contributed by atoms with Gasteiger partial charge in [-0.05, 0) is 90.5 Å². The number of alkyl carbamates (subject to hydrolysis) is 1. The third-order valence-electron chi connectivity index (χ3n) is 7.60. The van der Waals surface area contributed by atoms with E-state index in [4.69, 9.17) is 16.3 Å². The van der Waals surface area contributed by atoms with Gasteiger partial charge in [-0.2, -0.15) is 0 Å². The number of halogens is 1. The molecular weight excluding hydrogens is 538 g/mol. The first kappa shape index (κ1) is 34.1. The van der Waals surface area contributed by atoms with Crippen molar-refractivity contribution in [1.29, 1.82) is 0 Å². The molecule has 3 atom stereocenters. The van der Waals surface area contributed by atoms with Crippen LogP contribution < -0.4 is 10.6 Å². The van der Waals surface area contributed by atoms with Crippen LogP contribution in [0, 0.1) is 26.7 Å². The summed E-state index contributed by atoms with van der Waals surface area (Å²) in [5, 5.41) is 6.27. The maximum absolute atomic E-state index is 14.7. The molecule has 41 heavy (non-hydrogen) atoms. The minimum atomic E-state index is -0.999. The number of carbonyl (C=O) groups is 3. The zero-order chi connectivity index (χ0) is 31.3. The summed E-state index contributed by atoms with van der Waals surface area (Å²) in [6.45, 7) is 20.9. The van der Waals surface area contributed by atoms with Crippen LogP contribution in [0.1, 0.15) is 96.5 Å².